The number of nitrogens with zero attached hydrogens (tertiary/aromatic N) is 3. The van der Waals surface area contributed by atoms with E-state index in [-0.39, 0.29) is 48.9 Å². The summed E-state index contributed by atoms with van der Waals surface area (Å²) in [5.41, 5.74) is -0.824. The molecule has 1 amide bonds. The lowest BCUT2D eigenvalue weighted by Gasteiger charge is -2.30. The molecule has 0 unspecified atom stereocenters. The van der Waals surface area contributed by atoms with Gasteiger partial charge in [0.25, 0.3) is 5.56 Å². The van der Waals surface area contributed by atoms with E-state index in [9.17, 15) is 23.1 Å². The zero-order valence-electron chi connectivity index (χ0n) is 19.4. The molecule has 1 aliphatic rings. The zero-order valence-corrected chi connectivity index (χ0v) is 20.2. The van der Waals surface area contributed by atoms with Gasteiger partial charge >= 0.3 is 6.09 Å². The number of likely N-dealkylation sites (tertiary alicyclic amines) is 1. The molecule has 1 fully saturated rings. The standard InChI is InChI=1S/C22H29N3O8S/c1-4-5-9-17-23-20(26)19(34(30,31)14-10-12-24(13-11-14)22(28)29)21(27)25(17)18-15(32-2)7-6-8-16(18)33-3/h6-8,14,27H,4-5,9-13H2,1-3H3,(H,28,29). The maximum atomic E-state index is 13.5. The summed E-state index contributed by atoms with van der Waals surface area (Å²) in [6.45, 7) is 1.97. The number of aryl methyl sites for hydroxylation is 1. The molecule has 186 valence electrons. The molecule has 34 heavy (non-hydrogen) atoms. The van der Waals surface area contributed by atoms with Crippen molar-refractivity contribution in [3.8, 4) is 23.1 Å². The summed E-state index contributed by atoms with van der Waals surface area (Å²) < 4.78 is 39.0. The Kier molecular flexibility index (Phi) is 7.70. The molecular weight excluding hydrogens is 466 g/mol. The second-order valence-corrected chi connectivity index (χ2v) is 10.1. The van der Waals surface area contributed by atoms with Gasteiger partial charge in [0.1, 0.15) is 23.0 Å². The Bertz CT molecular complexity index is 1200. The number of piperidine rings is 1. The molecule has 2 aromatic rings. The Morgan fingerprint density at radius 3 is 2.26 bits per heavy atom. The van der Waals surface area contributed by atoms with Crippen LogP contribution in [-0.4, -0.2) is 71.7 Å². The maximum absolute atomic E-state index is 13.5. The van der Waals surface area contributed by atoms with E-state index in [0.717, 1.165) is 11.3 Å². The van der Waals surface area contributed by atoms with Crippen molar-refractivity contribution in [1.29, 1.82) is 0 Å². The number of para-hydroxylation sites is 1. The number of amides is 1. The molecule has 2 heterocycles. The Hall–Kier alpha value is -3.28. The SMILES string of the molecule is CCCCc1nc(=O)c(S(=O)(=O)C2CCN(C(=O)O)CC2)c(O)n1-c1c(OC)cccc1OC. The number of ether oxygens (including phenoxy) is 2. The zero-order chi connectivity index (χ0) is 25.0. The number of methoxy groups -OCH3 is 2. The first-order valence-electron chi connectivity index (χ1n) is 10.9. The molecule has 0 radical (unpaired) electrons. The van der Waals surface area contributed by atoms with Gasteiger partial charge in [0, 0.05) is 19.5 Å². The van der Waals surface area contributed by atoms with Gasteiger partial charge in [-0.1, -0.05) is 19.4 Å². The highest BCUT2D eigenvalue weighted by atomic mass is 32.2. The second kappa shape index (κ2) is 10.3. The number of sulfone groups is 1. The monoisotopic (exact) mass is 495 g/mol. The average molecular weight is 496 g/mol. The number of unbranched alkanes of at least 4 members (excludes halogenated alkanes) is 1. The van der Waals surface area contributed by atoms with Crippen molar-refractivity contribution in [2.45, 2.75) is 49.2 Å². The Balaban J connectivity index is 2.23. The Labute approximate surface area is 197 Å². The molecule has 1 aliphatic heterocycles. The van der Waals surface area contributed by atoms with E-state index in [0.29, 0.717) is 12.8 Å². The summed E-state index contributed by atoms with van der Waals surface area (Å²) in [6.07, 6.45) is 0.598. The van der Waals surface area contributed by atoms with Crippen molar-refractivity contribution >= 4 is 15.9 Å². The third kappa shape index (κ3) is 4.67. The van der Waals surface area contributed by atoms with Crippen molar-refractivity contribution in [1.82, 2.24) is 14.5 Å². The van der Waals surface area contributed by atoms with Gasteiger partial charge in [0.15, 0.2) is 14.7 Å². The van der Waals surface area contributed by atoms with E-state index >= 15 is 0 Å². The minimum atomic E-state index is -4.33. The third-order valence-electron chi connectivity index (χ3n) is 5.91. The van der Waals surface area contributed by atoms with Crippen molar-refractivity contribution in [3.05, 3.63) is 34.4 Å². The normalized spacial score (nSPS) is 14.7. The van der Waals surface area contributed by atoms with Gasteiger partial charge in [-0.25, -0.2) is 13.2 Å². The highest BCUT2D eigenvalue weighted by Crippen LogP contribution is 2.38. The Morgan fingerprint density at radius 2 is 1.76 bits per heavy atom. The highest BCUT2D eigenvalue weighted by Gasteiger charge is 2.38. The molecule has 0 bridgehead atoms. The molecule has 11 nitrogen and oxygen atoms in total. The van der Waals surface area contributed by atoms with Gasteiger partial charge in [-0.05, 0) is 31.4 Å². The van der Waals surface area contributed by atoms with E-state index in [1.807, 2.05) is 6.92 Å². The van der Waals surface area contributed by atoms with Crippen LogP contribution in [0.1, 0.15) is 38.4 Å². The summed E-state index contributed by atoms with van der Waals surface area (Å²) >= 11 is 0. The molecule has 1 aromatic heterocycles. The van der Waals surface area contributed by atoms with E-state index in [2.05, 4.69) is 4.98 Å². The first-order valence-corrected chi connectivity index (χ1v) is 12.5. The van der Waals surface area contributed by atoms with E-state index in [1.165, 1.54) is 18.8 Å². The summed E-state index contributed by atoms with van der Waals surface area (Å²) in [4.78, 5) is 28.5. The largest absolute Gasteiger partial charge is 0.494 e. The highest BCUT2D eigenvalue weighted by molar-refractivity contribution is 7.92. The van der Waals surface area contributed by atoms with Crippen LogP contribution in [0, 0.1) is 0 Å². The third-order valence-corrected chi connectivity index (χ3v) is 8.19. The molecule has 12 heteroatoms. The fourth-order valence-corrected chi connectivity index (χ4v) is 5.90. The molecule has 0 aliphatic carbocycles. The molecule has 1 aromatic carbocycles. The molecule has 0 atom stereocenters. The average Bonchev–Trinajstić information content (AvgIpc) is 2.82. The first kappa shape index (κ1) is 25.3. The number of rotatable bonds is 8. The number of aromatic nitrogens is 2. The molecule has 0 spiro atoms. The van der Waals surface area contributed by atoms with Crippen LogP contribution in [0.25, 0.3) is 5.69 Å². The second-order valence-electron chi connectivity index (χ2n) is 7.95. The number of hydrogen-bond donors (Lipinski definition) is 2. The molecular formula is C22H29N3O8S. The van der Waals surface area contributed by atoms with Crippen LogP contribution in [0.15, 0.2) is 27.9 Å². The van der Waals surface area contributed by atoms with Crippen molar-refractivity contribution in [2.75, 3.05) is 27.3 Å². The van der Waals surface area contributed by atoms with Crippen LogP contribution in [0.4, 0.5) is 4.79 Å². The Morgan fingerprint density at radius 1 is 1.18 bits per heavy atom. The number of carbonyl (C=O) groups is 1. The fourth-order valence-electron chi connectivity index (χ4n) is 4.10. The molecule has 3 rings (SSSR count). The van der Waals surface area contributed by atoms with Gasteiger partial charge in [-0.15, -0.1) is 0 Å². The lowest BCUT2D eigenvalue weighted by atomic mass is 10.1. The maximum Gasteiger partial charge on any atom is 0.407 e. The minimum Gasteiger partial charge on any atom is -0.494 e. The van der Waals surface area contributed by atoms with E-state index in [1.54, 1.807) is 18.2 Å². The molecule has 1 saturated heterocycles. The lowest BCUT2D eigenvalue weighted by molar-refractivity contribution is 0.136. The van der Waals surface area contributed by atoms with Crippen molar-refractivity contribution in [3.63, 3.8) is 0 Å². The van der Waals surface area contributed by atoms with Crippen LogP contribution < -0.4 is 15.0 Å². The predicted molar refractivity (Wildman–Crippen MR) is 123 cm³/mol. The lowest BCUT2D eigenvalue weighted by Crippen LogP contribution is -2.42. The summed E-state index contributed by atoms with van der Waals surface area (Å²) in [5, 5.41) is 19.4. The fraction of sp³-hybridized carbons (Fsp3) is 0.500. The van der Waals surface area contributed by atoms with Crippen LogP contribution in [0.2, 0.25) is 0 Å². The minimum absolute atomic E-state index is 0.00305. The van der Waals surface area contributed by atoms with Gasteiger partial charge in [-0.2, -0.15) is 4.98 Å². The van der Waals surface area contributed by atoms with Crippen LogP contribution in [0.5, 0.6) is 17.4 Å². The number of benzene rings is 1. The molecule has 2 N–H and O–H groups in total. The smallest absolute Gasteiger partial charge is 0.407 e. The van der Waals surface area contributed by atoms with E-state index < -0.39 is 37.5 Å². The van der Waals surface area contributed by atoms with Crippen LogP contribution >= 0.6 is 0 Å². The summed E-state index contributed by atoms with van der Waals surface area (Å²) in [7, 11) is -1.48. The number of carboxylic acid groups (broad SMARTS) is 1. The summed E-state index contributed by atoms with van der Waals surface area (Å²) in [5.74, 6) is -0.0201. The van der Waals surface area contributed by atoms with Crippen molar-refractivity contribution < 1.29 is 32.9 Å². The molecule has 0 saturated carbocycles. The van der Waals surface area contributed by atoms with Crippen LogP contribution in [0.3, 0.4) is 0 Å². The summed E-state index contributed by atoms with van der Waals surface area (Å²) in [6, 6.07) is 4.91. The first-order chi connectivity index (χ1) is 16.2. The number of hydrogen-bond acceptors (Lipinski definition) is 8. The quantitative estimate of drug-likeness (QED) is 0.562. The van der Waals surface area contributed by atoms with Gasteiger partial charge in [-0.3, -0.25) is 9.36 Å². The van der Waals surface area contributed by atoms with Crippen LogP contribution in [-0.2, 0) is 16.3 Å². The van der Waals surface area contributed by atoms with Gasteiger partial charge in [0.2, 0.25) is 5.88 Å². The van der Waals surface area contributed by atoms with E-state index in [4.69, 9.17) is 14.6 Å². The number of aromatic hydroxyl groups is 1. The van der Waals surface area contributed by atoms with Crippen molar-refractivity contribution in [2.24, 2.45) is 0 Å². The van der Waals surface area contributed by atoms with Gasteiger partial charge in [0.05, 0.1) is 19.5 Å². The topological polar surface area (TPSA) is 148 Å². The predicted octanol–water partition coefficient (Wildman–Crippen LogP) is 2.21. The van der Waals surface area contributed by atoms with Gasteiger partial charge < -0.3 is 24.6 Å².